The van der Waals surface area contributed by atoms with Crippen LogP contribution in [0, 0.1) is 0 Å². The minimum absolute atomic E-state index is 0.0998. The highest BCUT2D eigenvalue weighted by Gasteiger charge is 2.36. The lowest BCUT2D eigenvalue weighted by Crippen LogP contribution is -2.16. The summed E-state index contributed by atoms with van der Waals surface area (Å²) in [4.78, 5) is 0. The Morgan fingerprint density at radius 3 is 1.06 bits per heavy atom. The van der Waals surface area contributed by atoms with E-state index in [4.69, 9.17) is 69.6 Å². The van der Waals surface area contributed by atoms with Crippen molar-refractivity contribution in [3.8, 4) is 23.0 Å². The molecule has 0 amide bonds. The van der Waals surface area contributed by atoms with Gasteiger partial charge in [-0.05, 0) is 48.5 Å². The molecule has 0 aliphatic carbocycles. The Morgan fingerprint density at radius 2 is 0.694 bits per heavy atom. The summed E-state index contributed by atoms with van der Waals surface area (Å²) >= 11 is 37.5. The van der Waals surface area contributed by atoms with Crippen molar-refractivity contribution in [2.75, 3.05) is 0 Å². The van der Waals surface area contributed by atoms with E-state index in [1.807, 2.05) is 0 Å². The fourth-order valence-electron chi connectivity index (χ4n) is 4.20. The van der Waals surface area contributed by atoms with Gasteiger partial charge in [0.05, 0.1) is 20.1 Å². The van der Waals surface area contributed by atoms with Crippen molar-refractivity contribution < 1.29 is 20.4 Å². The first-order valence-electron chi connectivity index (χ1n) is 10.3. The monoisotopic (exact) mass is 602 g/mol. The second-order valence-corrected chi connectivity index (χ2v) is 10.5. The van der Waals surface area contributed by atoms with Crippen molar-refractivity contribution in [1.82, 2.24) is 0 Å². The van der Waals surface area contributed by atoms with Crippen molar-refractivity contribution >= 4 is 69.6 Å². The first-order chi connectivity index (χ1) is 17.0. The highest BCUT2D eigenvalue weighted by molar-refractivity contribution is 6.42. The molecule has 36 heavy (non-hydrogen) atoms. The molecule has 10 heteroatoms. The summed E-state index contributed by atoms with van der Waals surface area (Å²) in [5, 5.41) is 44.8. The molecule has 0 spiro atoms. The van der Waals surface area contributed by atoms with Crippen LogP contribution < -0.4 is 0 Å². The van der Waals surface area contributed by atoms with Gasteiger partial charge < -0.3 is 20.4 Å². The number of phenols is 4. The second-order valence-electron chi connectivity index (χ2n) is 8.01. The van der Waals surface area contributed by atoms with Crippen LogP contribution in [0.1, 0.15) is 34.1 Å². The smallest absolute Gasteiger partial charge is 0.121 e. The van der Waals surface area contributed by atoms with Gasteiger partial charge in [-0.3, -0.25) is 0 Å². The average molecular weight is 605 g/mol. The van der Waals surface area contributed by atoms with Crippen LogP contribution in [0.25, 0.3) is 0 Å². The van der Waals surface area contributed by atoms with Gasteiger partial charge in [0.15, 0.2) is 0 Å². The summed E-state index contributed by atoms with van der Waals surface area (Å²) in [7, 11) is 0. The molecule has 0 fully saturated rings. The van der Waals surface area contributed by atoms with E-state index in [0.717, 1.165) is 0 Å². The van der Waals surface area contributed by atoms with Crippen molar-refractivity contribution in [3.05, 3.63) is 113 Å². The van der Waals surface area contributed by atoms with E-state index in [2.05, 4.69) is 0 Å². The predicted molar refractivity (Wildman–Crippen MR) is 146 cm³/mol. The van der Waals surface area contributed by atoms with E-state index in [9.17, 15) is 20.4 Å². The molecule has 0 heterocycles. The molecular weight excluding hydrogens is 589 g/mol. The SMILES string of the molecule is Oc1ccc(Cl)cc1C(c1cc(Cl)ccc1O)C(c1cc(Cl)c(Cl)cc1O)c1cc(Cl)c(Cl)cc1O. The quantitative estimate of drug-likeness (QED) is 0.183. The van der Waals surface area contributed by atoms with Crippen LogP contribution in [0.4, 0.5) is 0 Å². The van der Waals surface area contributed by atoms with Gasteiger partial charge in [0.25, 0.3) is 0 Å². The van der Waals surface area contributed by atoms with E-state index in [-0.39, 0.29) is 65.3 Å². The summed E-state index contributed by atoms with van der Waals surface area (Å²) in [6.07, 6.45) is 0. The molecule has 4 nitrogen and oxygen atoms in total. The molecule has 0 saturated heterocycles. The Hall–Kier alpha value is -2.18. The van der Waals surface area contributed by atoms with Gasteiger partial charge in [0.2, 0.25) is 0 Å². The zero-order valence-electron chi connectivity index (χ0n) is 18.0. The highest BCUT2D eigenvalue weighted by Crippen LogP contribution is 2.53. The van der Waals surface area contributed by atoms with Crippen LogP contribution in [0.5, 0.6) is 23.0 Å². The maximum atomic E-state index is 11.0. The molecule has 0 atom stereocenters. The molecular formula is C26H16Cl6O4. The van der Waals surface area contributed by atoms with Gasteiger partial charge in [0, 0.05) is 56.3 Å². The second kappa shape index (κ2) is 10.7. The molecule has 4 aromatic carbocycles. The summed E-state index contributed by atoms with van der Waals surface area (Å²) in [5.41, 5.74) is 0.950. The highest BCUT2D eigenvalue weighted by atomic mass is 35.5. The summed E-state index contributed by atoms with van der Waals surface area (Å²) in [6.45, 7) is 0. The van der Waals surface area contributed by atoms with Gasteiger partial charge >= 0.3 is 0 Å². The molecule has 0 aromatic heterocycles. The lowest BCUT2D eigenvalue weighted by molar-refractivity contribution is 0.432. The van der Waals surface area contributed by atoms with E-state index in [0.29, 0.717) is 10.0 Å². The number of rotatable bonds is 5. The Morgan fingerprint density at radius 1 is 0.389 bits per heavy atom. The van der Waals surface area contributed by atoms with Crippen LogP contribution in [0.3, 0.4) is 0 Å². The Labute approximate surface area is 236 Å². The topological polar surface area (TPSA) is 80.9 Å². The zero-order chi connectivity index (χ0) is 26.3. The van der Waals surface area contributed by atoms with E-state index in [1.54, 1.807) is 0 Å². The lowest BCUT2D eigenvalue weighted by atomic mass is 9.72. The fraction of sp³-hybridized carbons (Fsp3) is 0.0769. The minimum atomic E-state index is -1.01. The standard InChI is InChI=1S/C26H16Cl6O4/c27-11-1-3-21(33)13(5-11)25(14-6-12(28)2-4-22(14)34)26(15-7-17(29)19(31)9-23(15)35)16-8-18(30)20(32)10-24(16)36/h1-10,25-26,33-36H. The number of hydrogen-bond acceptors (Lipinski definition) is 4. The maximum absolute atomic E-state index is 11.0. The first-order valence-corrected chi connectivity index (χ1v) is 12.6. The number of phenolic OH excluding ortho intramolecular Hbond substituents is 4. The van der Waals surface area contributed by atoms with Crippen LogP contribution in [-0.4, -0.2) is 20.4 Å². The third-order valence-corrected chi connectivity index (χ3v) is 7.71. The average Bonchev–Trinajstić information content (AvgIpc) is 2.81. The Bertz CT molecular complexity index is 1360. The van der Waals surface area contributed by atoms with Gasteiger partial charge in [-0.25, -0.2) is 0 Å². The number of benzene rings is 4. The van der Waals surface area contributed by atoms with E-state index >= 15 is 0 Å². The predicted octanol–water partition coefficient (Wildman–Crippen LogP) is 9.39. The van der Waals surface area contributed by atoms with Gasteiger partial charge in [-0.2, -0.15) is 0 Å². The largest absolute Gasteiger partial charge is 0.508 e. The molecule has 4 aromatic rings. The molecule has 0 radical (unpaired) electrons. The lowest BCUT2D eigenvalue weighted by Gasteiger charge is -2.31. The van der Waals surface area contributed by atoms with Crippen molar-refractivity contribution in [3.63, 3.8) is 0 Å². The molecule has 186 valence electrons. The first kappa shape index (κ1) is 26.9. The van der Waals surface area contributed by atoms with Gasteiger partial charge in [-0.15, -0.1) is 0 Å². The van der Waals surface area contributed by atoms with Crippen LogP contribution in [0.2, 0.25) is 30.1 Å². The Balaban J connectivity index is 2.16. The van der Waals surface area contributed by atoms with E-state index < -0.39 is 11.8 Å². The van der Waals surface area contributed by atoms with Crippen LogP contribution >= 0.6 is 69.6 Å². The molecule has 0 unspecified atom stereocenters. The molecule has 0 aliphatic rings. The molecule has 0 saturated carbocycles. The number of aromatic hydroxyl groups is 4. The third kappa shape index (κ3) is 5.26. The maximum Gasteiger partial charge on any atom is 0.121 e. The molecule has 0 aliphatic heterocycles. The number of hydrogen-bond donors (Lipinski definition) is 4. The normalized spacial score (nSPS) is 11.4. The van der Waals surface area contributed by atoms with Gasteiger partial charge in [-0.1, -0.05) is 69.6 Å². The van der Waals surface area contributed by atoms with E-state index in [1.165, 1.54) is 60.7 Å². The van der Waals surface area contributed by atoms with Crippen molar-refractivity contribution in [1.29, 1.82) is 0 Å². The van der Waals surface area contributed by atoms with Crippen molar-refractivity contribution in [2.45, 2.75) is 11.8 Å². The van der Waals surface area contributed by atoms with Crippen molar-refractivity contribution in [2.24, 2.45) is 0 Å². The zero-order valence-corrected chi connectivity index (χ0v) is 22.5. The molecule has 4 N–H and O–H groups in total. The summed E-state index contributed by atoms with van der Waals surface area (Å²) in [5.74, 6) is -2.82. The fourth-order valence-corrected chi connectivity index (χ4v) is 5.22. The van der Waals surface area contributed by atoms with Crippen LogP contribution in [0.15, 0.2) is 60.7 Å². The third-order valence-electron chi connectivity index (χ3n) is 5.79. The number of halogens is 6. The molecule has 4 rings (SSSR count). The Kier molecular flexibility index (Phi) is 7.96. The van der Waals surface area contributed by atoms with Crippen LogP contribution in [-0.2, 0) is 0 Å². The minimum Gasteiger partial charge on any atom is -0.508 e. The van der Waals surface area contributed by atoms with Gasteiger partial charge in [0.1, 0.15) is 23.0 Å². The summed E-state index contributed by atoms with van der Waals surface area (Å²) < 4.78 is 0. The molecule has 0 bridgehead atoms. The summed E-state index contributed by atoms with van der Waals surface area (Å²) in [6, 6.07) is 14.2.